The Morgan fingerprint density at radius 1 is 1.40 bits per heavy atom. The van der Waals surface area contributed by atoms with Crippen molar-refractivity contribution in [3.8, 4) is 17.6 Å². The molecule has 2 aromatic rings. The smallest absolute Gasteiger partial charge is 0.128 e. The molecule has 104 valence electrons. The summed E-state index contributed by atoms with van der Waals surface area (Å²) in [5.74, 6) is 5.57. The van der Waals surface area contributed by atoms with Gasteiger partial charge in [-0.3, -0.25) is 4.68 Å². The maximum Gasteiger partial charge on any atom is 0.128 e. The highest BCUT2D eigenvalue weighted by Crippen LogP contribution is 2.16. The molecule has 1 aromatic heterocycles. The second kappa shape index (κ2) is 6.73. The summed E-state index contributed by atoms with van der Waals surface area (Å²) in [4.78, 5) is 0. The second-order valence-electron chi connectivity index (χ2n) is 4.30. The minimum absolute atomic E-state index is 0.244. The maximum absolute atomic E-state index is 13.4. The number of hydrogen-bond acceptors (Lipinski definition) is 3. The van der Waals surface area contributed by atoms with Crippen LogP contribution in [0.3, 0.4) is 0 Å². The van der Waals surface area contributed by atoms with Gasteiger partial charge in [-0.15, -0.1) is 0 Å². The molecule has 0 unspecified atom stereocenters. The van der Waals surface area contributed by atoms with Gasteiger partial charge in [0.05, 0.1) is 19.3 Å². The molecule has 0 aliphatic rings. The first-order valence-corrected chi connectivity index (χ1v) is 6.27. The molecule has 2 rings (SSSR count). The van der Waals surface area contributed by atoms with Crippen LogP contribution in [0.2, 0.25) is 0 Å². The lowest BCUT2D eigenvalue weighted by molar-refractivity contribution is 0.320. The quantitative estimate of drug-likeness (QED) is 0.859. The molecule has 2 N–H and O–H groups in total. The molecule has 5 heteroatoms. The van der Waals surface area contributed by atoms with Crippen molar-refractivity contribution in [2.45, 2.75) is 6.42 Å². The first-order chi connectivity index (χ1) is 9.67. The van der Waals surface area contributed by atoms with Gasteiger partial charge in [-0.25, -0.2) is 4.39 Å². The Bertz CT molecular complexity index is 640. The van der Waals surface area contributed by atoms with E-state index in [-0.39, 0.29) is 12.4 Å². The van der Waals surface area contributed by atoms with Gasteiger partial charge < -0.3 is 10.5 Å². The van der Waals surface area contributed by atoms with Crippen molar-refractivity contribution in [1.82, 2.24) is 9.78 Å². The standard InChI is InChI=1S/C15H16FN3O/c1-19-11-13(10-18-19)4-6-20-15-8-12(3-2-5-17)7-14(16)9-15/h7-11H,4-6,17H2,1H3. The molecule has 0 fully saturated rings. The van der Waals surface area contributed by atoms with Gasteiger partial charge in [-0.2, -0.15) is 5.10 Å². The van der Waals surface area contributed by atoms with E-state index in [1.807, 2.05) is 13.2 Å². The Labute approximate surface area is 117 Å². The van der Waals surface area contributed by atoms with E-state index >= 15 is 0 Å². The minimum atomic E-state index is -0.370. The molecule has 4 nitrogen and oxygen atoms in total. The third-order valence-electron chi connectivity index (χ3n) is 2.62. The Balaban J connectivity index is 1.96. The molecule has 0 bridgehead atoms. The third kappa shape index (κ3) is 4.11. The fourth-order valence-corrected chi connectivity index (χ4v) is 1.76. The zero-order valence-corrected chi connectivity index (χ0v) is 11.3. The molecule has 0 radical (unpaired) electrons. The Morgan fingerprint density at radius 3 is 2.95 bits per heavy atom. The summed E-state index contributed by atoms with van der Waals surface area (Å²) < 4.78 is 20.7. The van der Waals surface area contributed by atoms with Crippen molar-refractivity contribution in [1.29, 1.82) is 0 Å². The van der Waals surface area contributed by atoms with Gasteiger partial charge in [0.2, 0.25) is 0 Å². The van der Waals surface area contributed by atoms with Crippen molar-refractivity contribution in [3.05, 3.63) is 47.5 Å². The molecule has 20 heavy (non-hydrogen) atoms. The molecule has 0 amide bonds. The van der Waals surface area contributed by atoms with Crippen LogP contribution in [0, 0.1) is 17.7 Å². The van der Waals surface area contributed by atoms with Crippen LogP contribution in [0.4, 0.5) is 4.39 Å². The summed E-state index contributed by atoms with van der Waals surface area (Å²) >= 11 is 0. The second-order valence-corrected chi connectivity index (χ2v) is 4.30. The zero-order chi connectivity index (χ0) is 14.4. The largest absolute Gasteiger partial charge is 0.493 e. The highest BCUT2D eigenvalue weighted by Gasteiger charge is 2.02. The molecule has 1 heterocycles. The lowest BCUT2D eigenvalue weighted by Crippen LogP contribution is -2.01. The average molecular weight is 273 g/mol. The van der Waals surface area contributed by atoms with Gasteiger partial charge in [0.1, 0.15) is 11.6 Å². The van der Waals surface area contributed by atoms with Gasteiger partial charge in [0, 0.05) is 31.3 Å². The minimum Gasteiger partial charge on any atom is -0.493 e. The molecular weight excluding hydrogens is 257 g/mol. The van der Waals surface area contributed by atoms with Crippen LogP contribution in [-0.4, -0.2) is 22.9 Å². The fourth-order valence-electron chi connectivity index (χ4n) is 1.76. The first-order valence-electron chi connectivity index (χ1n) is 6.27. The van der Waals surface area contributed by atoms with E-state index in [0.717, 1.165) is 5.56 Å². The fraction of sp³-hybridized carbons (Fsp3) is 0.267. The van der Waals surface area contributed by atoms with Crippen LogP contribution >= 0.6 is 0 Å². The molecule has 0 spiro atoms. The average Bonchev–Trinajstić information content (AvgIpc) is 2.81. The normalized spacial score (nSPS) is 9.95. The number of ether oxygens (including phenoxy) is 1. The van der Waals surface area contributed by atoms with Crippen molar-refractivity contribution < 1.29 is 9.13 Å². The van der Waals surface area contributed by atoms with Crippen molar-refractivity contribution >= 4 is 0 Å². The third-order valence-corrected chi connectivity index (χ3v) is 2.62. The molecule has 0 aliphatic heterocycles. The number of rotatable bonds is 4. The predicted octanol–water partition coefficient (Wildman–Crippen LogP) is 1.49. The molecule has 1 aromatic carbocycles. The van der Waals surface area contributed by atoms with Crippen LogP contribution in [0.25, 0.3) is 0 Å². The summed E-state index contributed by atoms with van der Waals surface area (Å²) in [5, 5.41) is 4.08. The van der Waals surface area contributed by atoms with Gasteiger partial charge in [-0.1, -0.05) is 11.8 Å². The summed E-state index contributed by atoms with van der Waals surface area (Å²) in [6, 6.07) is 4.41. The summed E-state index contributed by atoms with van der Waals surface area (Å²) in [6.07, 6.45) is 4.42. The summed E-state index contributed by atoms with van der Waals surface area (Å²) in [5.41, 5.74) is 6.93. The van der Waals surface area contributed by atoms with E-state index in [2.05, 4.69) is 16.9 Å². The first kappa shape index (κ1) is 14.1. The summed E-state index contributed by atoms with van der Waals surface area (Å²) in [6.45, 7) is 0.701. The predicted molar refractivity (Wildman–Crippen MR) is 74.7 cm³/mol. The van der Waals surface area contributed by atoms with Gasteiger partial charge in [0.25, 0.3) is 0 Å². The van der Waals surface area contributed by atoms with Crippen LogP contribution in [0.15, 0.2) is 30.6 Å². The molecule has 0 saturated carbocycles. The highest BCUT2D eigenvalue weighted by molar-refractivity contribution is 5.40. The Morgan fingerprint density at radius 2 is 2.25 bits per heavy atom. The number of aromatic nitrogens is 2. The molecule has 0 aliphatic carbocycles. The van der Waals surface area contributed by atoms with E-state index in [0.29, 0.717) is 24.3 Å². The van der Waals surface area contributed by atoms with E-state index in [1.54, 1.807) is 16.9 Å². The Hall–Kier alpha value is -2.32. The molecule has 0 saturated heterocycles. The molecule has 0 atom stereocenters. The number of nitrogens with two attached hydrogens (primary N) is 1. The number of aryl methyl sites for hydroxylation is 1. The number of nitrogens with zero attached hydrogens (tertiary/aromatic N) is 2. The van der Waals surface area contributed by atoms with Crippen molar-refractivity contribution in [2.24, 2.45) is 12.8 Å². The highest BCUT2D eigenvalue weighted by atomic mass is 19.1. The van der Waals surface area contributed by atoms with E-state index < -0.39 is 0 Å². The maximum atomic E-state index is 13.4. The number of benzene rings is 1. The summed E-state index contributed by atoms with van der Waals surface area (Å²) in [7, 11) is 1.86. The topological polar surface area (TPSA) is 53.1 Å². The lowest BCUT2D eigenvalue weighted by atomic mass is 10.2. The van der Waals surface area contributed by atoms with Gasteiger partial charge in [0.15, 0.2) is 0 Å². The van der Waals surface area contributed by atoms with E-state index in [9.17, 15) is 4.39 Å². The lowest BCUT2D eigenvalue weighted by Gasteiger charge is -2.06. The van der Waals surface area contributed by atoms with Crippen LogP contribution in [0.1, 0.15) is 11.1 Å². The zero-order valence-electron chi connectivity index (χ0n) is 11.3. The van der Waals surface area contributed by atoms with Crippen molar-refractivity contribution in [2.75, 3.05) is 13.2 Å². The van der Waals surface area contributed by atoms with E-state index in [4.69, 9.17) is 10.5 Å². The van der Waals surface area contributed by atoms with Crippen molar-refractivity contribution in [3.63, 3.8) is 0 Å². The monoisotopic (exact) mass is 273 g/mol. The van der Waals surface area contributed by atoms with Crippen LogP contribution in [-0.2, 0) is 13.5 Å². The SMILES string of the molecule is Cn1cc(CCOc2cc(F)cc(C#CCN)c2)cn1. The van der Waals surface area contributed by atoms with Crippen LogP contribution in [0.5, 0.6) is 5.75 Å². The molecular formula is C15H16FN3O. The van der Waals surface area contributed by atoms with E-state index in [1.165, 1.54) is 12.1 Å². The Kier molecular flexibility index (Phi) is 4.75. The van der Waals surface area contributed by atoms with Gasteiger partial charge in [-0.05, 0) is 17.7 Å². The number of hydrogen-bond donors (Lipinski definition) is 1. The van der Waals surface area contributed by atoms with Gasteiger partial charge >= 0.3 is 0 Å². The van der Waals surface area contributed by atoms with Crippen LogP contribution < -0.4 is 10.5 Å². The number of halogens is 1.